The molecule has 0 bridgehead atoms. The first-order chi connectivity index (χ1) is 8.88. The first kappa shape index (κ1) is 12.2. The molecular formula is C15H19NOS. The number of likely N-dealkylation sites (tertiary alicyclic amines) is 1. The van der Waals surface area contributed by atoms with Crippen molar-refractivity contribution < 1.29 is 4.79 Å². The summed E-state index contributed by atoms with van der Waals surface area (Å²) < 4.78 is 0. The van der Waals surface area contributed by atoms with Gasteiger partial charge >= 0.3 is 0 Å². The molecule has 0 N–H and O–H groups in total. The van der Waals surface area contributed by atoms with Crippen LogP contribution in [0.25, 0.3) is 0 Å². The van der Waals surface area contributed by atoms with Crippen LogP contribution in [0.1, 0.15) is 30.7 Å². The Morgan fingerprint density at radius 1 is 1.33 bits per heavy atom. The van der Waals surface area contributed by atoms with Gasteiger partial charge in [0.25, 0.3) is 0 Å². The highest BCUT2D eigenvalue weighted by Gasteiger charge is 2.28. The number of aldehydes is 1. The van der Waals surface area contributed by atoms with Crippen LogP contribution in [0.4, 0.5) is 0 Å². The molecule has 2 heterocycles. The van der Waals surface area contributed by atoms with Crippen LogP contribution in [-0.4, -0.2) is 36.1 Å². The maximum atomic E-state index is 11.1. The summed E-state index contributed by atoms with van der Waals surface area (Å²) in [5.41, 5.74) is 1.48. The van der Waals surface area contributed by atoms with Crippen LogP contribution in [0.3, 0.4) is 0 Å². The Bertz CT molecular complexity index is 434. The number of nitrogens with zero attached hydrogens (tertiary/aromatic N) is 1. The second-order valence-corrected chi connectivity index (χ2v) is 6.30. The summed E-state index contributed by atoms with van der Waals surface area (Å²) in [6, 6.07) is 8.87. The number of carbonyl (C=O) groups excluding carboxylic acids is 1. The monoisotopic (exact) mass is 261 g/mol. The van der Waals surface area contributed by atoms with Gasteiger partial charge < -0.3 is 4.79 Å². The van der Waals surface area contributed by atoms with E-state index in [4.69, 9.17) is 0 Å². The Kier molecular flexibility index (Phi) is 3.71. The molecule has 3 heteroatoms. The lowest BCUT2D eigenvalue weighted by Crippen LogP contribution is -2.42. The van der Waals surface area contributed by atoms with Gasteiger partial charge in [0, 0.05) is 23.1 Å². The average Bonchev–Trinajstić information content (AvgIpc) is 2.83. The lowest BCUT2D eigenvalue weighted by Gasteiger charge is -2.34. The van der Waals surface area contributed by atoms with E-state index in [0.717, 1.165) is 25.8 Å². The van der Waals surface area contributed by atoms with Crippen molar-refractivity contribution in [3.05, 3.63) is 29.8 Å². The van der Waals surface area contributed by atoms with E-state index < -0.39 is 0 Å². The van der Waals surface area contributed by atoms with E-state index in [0.29, 0.717) is 5.92 Å². The molecule has 3 rings (SSSR count). The Morgan fingerprint density at radius 3 is 3.11 bits per heavy atom. The zero-order valence-corrected chi connectivity index (χ0v) is 11.4. The van der Waals surface area contributed by atoms with Crippen LogP contribution in [0.2, 0.25) is 0 Å². The number of rotatable bonds is 3. The van der Waals surface area contributed by atoms with E-state index in [1.54, 1.807) is 0 Å². The number of carbonyl (C=O) groups is 1. The van der Waals surface area contributed by atoms with Crippen LogP contribution in [-0.2, 0) is 4.79 Å². The van der Waals surface area contributed by atoms with Crippen LogP contribution < -0.4 is 0 Å². The van der Waals surface area contributed by atoms with Gasteiger partial charge in [0.05, 0.1) is 6.04 Å². The van der Waals surface area contributed by atoms with Gasteiger partial charge in [0.1, 0.15) is 6.29 Å². The summed E-state index contributed by atoms with van der Waals surface area (Å²) >= 11 is 1.96. The lowest BCUT2D eigenvalue weighted by molar-refractivity contribution is -0.113. The van der Waals surface area contributed by atoms with Crippen LogP contribution in [0.15, 0.2) is 29.2 Å². The number of hydrogen-bond acceptors (Lipinski definition) is 3. The topological polar surface area (TPSA) is 20.3 Å². The molecule has 1 aromatic carbocycles. The minimum Gasteiger partial charge on any atom is -0.302 e. The molecule has 1 fully saturated rings. The van der Waals surface area contributed by atoms with E-state index in [1.807, 2.05) is 11.8 Å². The van der Waals surface area contributed by atoms with Crippen molar-refractivity contribution in [2.24, 2.45) is 0 Å². The molecule has 1 aromatic rings. The summed E-state index contributed by atoms with van der Waals surface area (Å²) in [6.45, 7) is 2.14. The van der Waals surface area contributed by atoms with E-state index in [9.17, 15) is 4.79 Å². The molecule has 1 saturated heterocycles. The van der Waals surface area contributed by atoms with Gasteiger partial charge in [0.2, 0.25) is 0 Å². The minimum absolute atomic E-state index is 0.163. The van der Waals surface area contributed by atoms with Gasteiger partial charge in [-0.3, -0.25) is 4.90 Å². The summed E-state index contributed by atoms with van der Waals surface area (Å²) in [6.07, 6.45) is 4.64. The largest absolute Gasteiger partial charge is 0.302 e. The highest BCUT2D eigenvalue weighted by Crippen LogP contribution is 2.40. The van der Waals surface area contributed by atoms with Crippen molar-refractivity contribution >= 4 is 18.0 Å². The van der Waals surface area contributed by atoms with Gasteiger partial charge in [-0.05, 0) is 31.0 Å². The standard InChI is InChI=1S/C15H19NOS/c17-10-13-5-3-4-8-16(13)9-12-11-18-15-7-2-1-6-14(12)15/h1-2,6-7,10,12-13H,3-5,8-9,11H2. The Hall–Kier alpha value is -0.800. The molecule has 2 atom stereocenters. The fourth-order valence-corrected chi connectivity index (χ4v) is 4.30. The fourth-order valence-electron chi connectivity index (χ4n) is 3.06. The van der Waals surface area contributed by atoms with Crippen molar-refractivity contribution in [2.75, 3.05) is 18.8 Å². The summed E-state index contributed by atoms with van der Waals surface area (Å²) in [5, 5.41) is 0. The first-order valence-electron chi connectivity index (χ1n) is 6.79. The van der Waals surface area contributed by atoms with Crippen molar-refractivity contribution in [2.45, 2.75) is 36.1 Å². The van der Waals surface area contributed by atoms with Gasteiger partial charge in [-0.2, -0.15) is 0 Å². The molecule has 0 aromatic heterocycles. The SMILES string of the molecule is O=CC1CCCCN1CC1CSc2ccccc21. The predicted molar refractivity (Wildman–Crippen MR) is 75.2 cm³/mol. The summed E-state index contributed by atoms with van der Waals surface area (Å²) in [7, 11) is 0. The second-order valence-electron chi connectivity index (χ2n) is 5.24. The molecule has 2 aliphatic rings. The van der Waals surface area contributed by atoms with Gasteiger partial charge in [-0.15, -0.1) is 11.8 Å². The fraction of sp³-hybridized carbons (Fsp3) is 0.533. The lowest BCUT2D eigenvalue weighted by atomic mass is 9.97. The third-order valence-corrected chi connectivity index (χ3v) is 5.33. The van der Waals surface area contributed by atoms with E-state index >= 15 is 0 Å². The third kappa shape index (κ3) is 2.34. The van der Waals surface area contributed by atoms with Crippen LogP contribution in [0.5, 0.6) is 0 Å². The van der Waals surface area contributed by atoms with Gasteiger partial charge in [-0.1, -0.05) is 24.6 Å². The molecule has 2 unspecified atom stereocenters. The van der Waals surface area contributed by atoms with Crippen molar-refractivity contribution in [3.8, 4) is 0 Å². The van der Waals surface area contributed by atoms with Crippen molar-refractivity contribution in [1.82, 2.24) is 4.90 Å². The molecule has 2 nitrogen and oxygen atoms in total. The number of thioether (sulfide) groups is 1. The second kappa shape index (κ2) is 5.45. The van der Waals surface area contributed by atoms with E-state index in [2.05, 4.69) is 29.2 Å². The molecule has 0 radical (unpaired) electrons. The van der Waals surface area contributed by atoms with Gasteiger partial charge in [-0.25, -0.2) is 0 Å². The molecule has 0 amide bonds. The molecule has 0 saturated carbocycles. The molecular weight excluding hydrogens is 242 g/mol. The van der Waals surface area contributed by atoms with E-state index in [-0.39, 0.29) is 6.04 Å². The van der Waals surface area contributed by atoms with Crippen LogP contribution in [0, 0.1) is 0 Å². The quantitative estimate of drug-likeness (QED) is 0.780. The maximum Gasteiger partial charge on any atom is 0.137 e. The number of piperidine rings is 1. The Balaban J connectivity index is 1.72. The summed E-state index contributed by atoms with van der Waals surface area (Å²) in [5.74, 6) is 1.77. The van der Waals surface area contributed by atoms with Crippen molar-refractivity contribution in [1.29, 1.82) is 0 Å². The zero-order valence-electron chi connectivity index (χ0n) is 10.5. The number of hydrogen-bond donors (Lipinski definition) is 0. The van der Waals surface area contributed by atoms with E-state index in [1.165, 1.54) is 29.1 Å². The highest BCUT2D eigenvalue weighted by molar-refractivity contribution is 7.99. The zero-order chi connectivity index (χ0) is 12.4. The Morgan fingerprint density at radius 2 is 2.22 bits per heavy atom. The molecule has 0 spiro atoms. The first-order valence-corrected chi connectivity index (χ1v) is 7.78. The van der Waals surface area contributed by atoms with Crippen molar-refractivity contribution in [3.63, 3.8) is 0 Å². The molecule has 96 valence electrons. The number of fused-ring (bicyclic) bond motifs is 1. The maximum absolute atomic E-state index is 11.1. The normalized spacial score (nSPS) is 28.0. The smallest absolute Gasteiger partial charge is 0.137 e. The molecule has 2 aliphatic heterocycles. The highest BCUT2D eigenvalue weighted by atomic mass is 32.2. The van der Waals surface area contributed by atoms with Crippen LogP contribution >= 0.6 is 11.8 Å². The summed E-state index contributed by atoms with van der Waals surface area (Å²) in [4.78, 5) is 15.0. The number of benzene rings is 1. The average molecular weight is 261 g/mol. The molecule has 18 heavy (non-hydrogen) atoms. The molecule has 0 aliphatic carbocycles. The minimum atomic E-state index is 0.163. The van der Waals surface area contributed by atoms with Gasteiger partial charge in [0.15, 0.2) is 0 Å². The third-order valence-electron chi connectivity index (χ3n) is 4.08. The predicted octanol–water partition coefficient (Wildman–Crippen LogP) is 2.93. The Labute approximate surface area is 113 Å².